The van der Waals surface area contributed by atoms with Crippen LogP contribution in [-0.4, -0.2) is 34.1 Å². The molecule has 0 aromatic heterocycles. The first-order chi connectivity index (χ1) is 9.74. The van der Waals surface area contributed by atoms with E-state index < -0.39 is 0 Å². The Morgan fingerprint density at radius 3 is 2.40 bits per heavy atom. The standard InChI is InChI=1S/C16H19NO3/c18-11-14-6-4-13(10-15(14)12-19)5-7-16(20)17-8-2-1-3-9-17/h4-7,10-12,18-19H,1-3,8-9H2. The number of hydrogen-bond acceptors (Lipinski definition) is 3. The topological polar surface area (TPSA) is 60.8 Å². The van der Waals surface area contributed by atoms with Gasteiger partial charge in [0.05, 0.1) is 12.5 Å². The van der Waals surface area contributed by atoms with Crippen molar-refractivity contribution in [3.05, 3.63) is 40.3 Å². The zero-order valence-corrected chi connectivity index (χ0v) is 11.3. The molecule has 0 aliphatic carbocycles. The number of likely N-dealkylation sites (tertiary alicyclic amines) is 1. The highest BCUT2D eigenvalue weighted by Crippen LogP contribution is 2.09. The summed E-state index contributed by atoms with van der Waals surface area (Å²) in [5.74, 6) is 0.0250. The van der Waals surface area contributed by atoms with Crippen LogP contribution in [0.1, 0.15) is 24.8 Å². The fourth-order valence-corrected chi connectivity index (χ4v) is 2.31. The second-order valence-electron chi connectivity index (χ2n) is 4.87. The summed E-state index contributed by atoms with van der Waals surface area (Å²) < 4.78 is 0. The van der Waals surface area contributed by atoms with Crippen LogP contribution in [0.2, 0.25) is 0 Å². The molecule has 0 saturated carbocycles. The smallest absolute Gasteiger partial charge is 0.246 e. The fourth-order valence-electron chi connectivity index (χ4n) is 2.31. The molecule has 1 heterocycles. The van der Waals surface area contributed by atoms with Crippen LogP contribution >= 0.6 is 0 Å². The molecule has 0 atom stereocenters. The molecule has 1 aliphatic heterocycles. The van der Waals surface area contributed by atoms with Crippen molar-refractivity contribution in [2.24, 2.45) is 0 Å². The Balaban J connectivity index is 2.13. The molecular weight excluding hydrogens is 254 g/mol. The van der Waals surface area contributed by atoms with Gasteiger partial charge in [0, 0.05) is 29.6 Å². The monoisotopic (exact) mass is 273 g/mol. The molecular formula is C16H19NO3. The first-order valence-corrected chi connectivity index (χ1v) is 6.80. The maximum Gasteiger partial charge on any atom is 0.246 e. The Morgan fingerprint density at radius 2 is 1.75 bits per heavy atom. The molecule has 1 saturated heterocycles. The van der Waals surface area contributed by atoms with E-state index in [0.29, 0.717) is 10.4 Å². The van der Waals surface area contributed by atoms with Gasteiger partial charge in [-0.25, -0.2) is 0 Å². The minimum absolute atomic E-state index is 0.0250. The van der Waals surface area contributed by atoms with E-state index in [0.717, 1.165) is 44.0 Å². The van der Waals surface area contributed by atoms with E-state index in [4.69, 9.17) is 10.2 Å². The number of rotatable bonds is 2. The predicted molar refractivity (Wildman–Crippen MR) is 79.3 cm³/mol. The molecule has 0 bridgehead atoms. The largest absolute Gasteiger partial charge is 0.515 e. The number of aliphatic hydroxyl groups is 2. The summed E-state index contributed by atoms with van der Waals surface area (Å²) in [6, 6.07) is 5.18. The van der Waals surface area contributed by atoms with Crippen molar-refractivity contribution in [2.45, 2.75) is 19.3 Å². The number of benzene rings is 1. The molecule has 1 amide bonds. The molecule has 2 rings (SSSR count). The van der Waals surface area contributed by atoms with Gasteiger partial charge in [0.2, 0.25) is 5.91 Å². The SMILES string of the molecule is O=C(C=Cc1ccc(=CO)c(=CO)c1)N1CCCCC1. The van der Waals surface area contributed by atoms with Crippen molar-refractivity contribution in [3.63, 3.8) is 0 Å². The summed E-state index contributed by atoms with van der Waals surface area (Å²) in [5.41, 5.74) is 0.807. The Kier molecular flexibility index (Phi) is 4.82. The molecule has 1 aliphatic rings. The Hall–Kier alpha value is -2.23. The molecule has 0 spiro atoms. The highest BCUT2D eigenvalue weighted by atomic mass is 16.2. The number of carbonyl (C=O) groups is 1. The summed E-state index contributed by atoms with van der Waals surface area (Å²) in [4.78, 5) is 13.8. The average Bonchev–Trinajstić information content (AvgIpc) is 2.53. The van der Waals surface area contributed by atoms with Crippen LogP contribution in [0.4, 0.5) is 0 Å². The highest BCUT2D eigenvalue weighted by molar-refractivity contribution is 5.91. The summed E-state index contributed by atoms with van der Waals surface area (Å²) >= 11 is 0. The van der Waals surface area contributed by atoms with Gasteiger partial charge in [-0.2, -0.15) is 0 Å². The number of hydrogen-bond donors (Lipinski definition) is 2. The lowest BCUT2D eigenvalue weighted by molar-refractivity contribution is -0.126. The van der Waals surface area contributed by atoms with Crippen molar-refractivity contribution < 1.29 is 15.0 Å². The molecule has 1 aromatic rings. The molecule has 106 valence electrons. The van der Waals surface area contributed by atoms with Gasteiger partial charge in [0.15, 0.2) is 0 Å². The molecule has 20 heavy (non-hydrogen) atoms. The number of carbonyl (C=O) groups excluding carboxylic acids is 1. The zero-order chi connectivity index (χ0) is 14.4. The third kappa shape index (κ3) is 3.41. The van der Waals surface area contributed by atoms with Crippen LogP contribution in [-0.2, 0) is 4.79 Å². The second-order valence-corrected chi connectivity index (χ2v) is 4.87. The van der Waals surface area contributed by atoms with E-state index in [1.807, 2.05) is 4.90 Å². The van der Waals surface area contributed by atoms with Gasteiger partial charge in [0.1, 0.15) is 0 Å². The number of amides is 1. The first kappa shape index (κ1) is 14.2. The van der Waals surface area contributed by atoms with E-state index in [2.05, 4.69) is 0 Å². The van der Waals surface area contributed by atoms with Gasteiger partial charge in [-0.3, -0.25) is 4.79 Å². The zero-order valence-electron chi connectivity index (χ0n) is 11.3. The minimum atomic E-state index is 0.0250. The quantitative estimate of drug-likeness (QED) is 0.799. The van der Waals surface area contributed by atoms with E-state index in [9.17, 15) is 4.79 Å². The van der Waals surface area contributed by atoms with Gasteiger partial charge < -0.3 is 15.1 Å². The van der Waals surface area contributed by atoms with Crippen LogP contribution < -0.4 is 10.4 Å². The third-order valence-corrected chi connectivity index (χ3v) is 3.48. The van der Waals surface area contributed by atoms with Crippen molar-refractivity contribution >= 4 is 24.5 Å². The van der Waals surface area contributed by atoms with E-state index >= 15 is 0 Å². The van der Waals surface area contributed by atoms with Crippen LogP contribution in [0.5, 0.6) is 0 Å². The summed E-state index contributed by atoms with van der Waals surface area (Å²) in [7, 11) is 0. The van der Waals surface area contributed by atoms with Gasteiger partial charge in [-0.15, -0.1) is 0 Å². The lowest BCUT2D eigenvalue weighted by Crippen LogP contribution is -2.34. The number of aliphatic hydroxyl groups excluding tert-OH is 2. The average molecular weight is 273 g/mol. The Bertz CT molecular complexity index is 613. The van der Waals surface area contributed by atoms with Crippen molar-refractivity contribution in [3.8, 4) is 0 Å². The highest BCUT2D eigenvalue weighted by Gasteiger charge is 2.13. The van der Waals surface area contributed by atoms with Crippen molar-refractivity contribution in [1.29, 1.82) is 0 Å². The lowest BCUT2D eigenvalue weighted by Gasteiger charge is -2.25. The second kappa shape index (κ2) is 6.80. The van der Waals surface area contributed by atoms with E-state index in [1.54, 1.807) is 30.4 Å². The first-order valence-electron chi connectivity index (χ1n) is 6.80. The van der Waals surface area contributed by atoms with Gasteiger partial charge in [-0.1, -0.05) is 12.1 Å². The number of nitrogens with zero attached hydrogens (tertiary/aromatic N) is 1. The summed E-state index contributed by atoms with van der Waals surface area (Å²) in [6.07, 6.45) is 8.51. The van der Waals surface area contributed by atoms with Crippen LogP contribution in [0.15, 0.2) is 24.3 Å². The van der Waals surface area contributed by atoms with Crippen LogP contribution in [0, 0.1) is 0 Å². The molecule has 1 aromatic carbocycles. The predicted octanol–water partition coefficient (Wildman–Crippen LogP) is 1.30. The molecule has 0 radical (unpaired) electrons. The Morgan fingerprint density at radius 1 is 1.05 bits per heavy atom. The van der Waals surface area contributed by atoms with Gasteiger partial charge in [0.25, 0.3) is 0 Å². The number of piperidine rings is 1. The molecule has 1 fully saturated rings. The van der Waals surface area contributed by atoms with Crippen LogP contribution in [0.25, 0.3) is 18.6 Å². The van der Waals surface area contributed by atoms with Crippen molar-refractivity contribution in [2.75, 3.05) is 13.1 Å². The van der Waals surface area contributed by atoms with Gasteiger partial charge in [-0.05, 0) is 37.0 Å². The summed E-state index contributed by atoms with van der Waals surface area (Å²) in [5, 5.41) is 19.1. The van der Waals surface area contributed by atoms with Crippen LogP contribution in [0.3, 0.4) is 0 Å². The third-order valence-electron chi connectivity index (χ3n) is 3.48. The Labute approximate surface area is 118 Å². The van der Waals surface area contributed by atoms with E-state index in [-0.39, 0.29) is 5.91 Å². The maximum atomic E-state index is 12.0. The lowest BCUT2D eigenvalue weighted by atomic mass is 10.1. The van der Waals surface area contributed by atoms with Crippen molar-refractivity contribution in [1.82, 2.24) is 4.90 Å². The normalized spacial score (nSPS) is 17.9. The molecule has 0 unspecified atom stereocenters. The molecule has 4 heteroatoms. The molecule has 4 nitrogen and oxygen atoms in total. The fraction of sp³-hybridized carbons (Fsp3) is 0.312. The minimum Gasteiger partial charge on any atom is -0.515 e. The van der Waals surface area contributed by atoms with E-state index in [1.165, 1.54) is 6.42 Å². The van der Waals surface area contributed by atoms with Gasteiger partial charge >= 0.3 is 0 Å². The molecule has 2 N–H and O–H groups in total. The maximum absolute atomic E-state index is 12.0. The summed E-state index contributed by atoms with van der Waals surface area (Å²) in [6.45, 7) is 1.66.